The van der Waals surface area contributed by atoms with Crippen LogP contribution in [0.25, 0.3) is 21.9 Å². The van der Waals surface area contributed by atoms with Crippen molar-refractivity contribution in [3.63, 3.8) is 0 Å². The van der Waals surface area contributed by atoms with Crippen molar-refractivity contribution in [1.82, 2.24) is 4.98 Å². The Morgan fingerprint density at radius 1 is 1.07 bits per heavy atom. The molecule has 0 unspecified atom stereocenters. The zero-order valence-electron chi connectivity index (χ0n) is 7.28. The van der Waals surface area contributed by atoms with Gasteiger partial charge in [-0.05, 0) is 18.2 Å². The van der Waals surface area contributed by atoms with Crippen molar-refractivity contribution < 1.29 is 4.42 Å². The zero-order chi connectivity index (χ0) is 9.54. The van der Waals surface area contributed by atoms with Gasteiger partial charge in [0.05, 0.1) is 0 Å². The first-order valence-electron chi connectivity index (χ1n) is 4.34. The maximum absolute atomic E-state index is 11.0. The van der Waals surface area contributed by atoms with E-state index < -0.39 is 0 Å². The summed E-state index contributed by atoms with van der Waals surface area (Å²) < 4.78 is 5.06. The van der Waals surface area contributed by atoms with E-state index in [4.69, 9.17) is 4.42 Å². The first-order valence-corrected chi connectivity index (χ1v) is 4.34. The van der Waals surface area contributed by atoms with Crippen LogP contribution in [-0.2, 0) is 0 Å². The number of aromatic nitrogens is 1. The molecule has 14 heavy (non-hydrogen) atoms. The molecule has 0 radical (unpaired) electrons. The van der Waals surface area contributed by atoms with Gasteiger partial charge in [-0.1, -0.05) is 0 Å². The van der Waals surface area contributed by atoms with Gasteiger partial charge in [-0.2, -0.15) is 0 Å². The SMILES string of the molecule is O=c1ccc2cc3cc[nH]c3cc2o1. The summed E-state index contributed by atoms with van der Waals surface area (Å²) in [6, 6.07) is 9.02. The summed E-state index contributed by atoms with van der Waals surface area (Å²) in [7, 11) is 0. The summed E-state index contributed by atoms with van der Waals surface area (Å²) in [4.78, 5) is 14.1. The maximum Gasteiger partial charge on any atom is 0.336 e. The molecule has 1 aromatic carbocycles. The molecule has 3 rings (SSSR count). The molecule has 0 amide bonds. The average Bonchev–Trinajstić information content (AvgIpc) is 2.61. The molecule has 2 aromatic heterocycles. The molecule has 0 saturated heterocycles. The first-order chi connectivity index (χ1) is 6.83. The molecule has 0 bridgehead atoms. The van der Waals surface area contributed by atoms with Gasteiger partial charge in [-0.25, -0.2) is 4.79 Å². The van der Waals surface area contributed by atoms with Gasteiger partial charge in [0.2, 0.25) is 0 Å². The molecule has 3 heteroatoms. The molecule has 1 N–H and O–H groups in total. The van der Waals surface area contributed by atoms with Crippen LogP contribution >= 0.6 is 0 Å². The number of benzene rings is 1. The fraction of sp³-hybridized carbons (Fsp3) is 0. The van der Waals surface area contributed by atoms with Crippen LogP contribution in [0.1, 0.15) is 0 Å². The minimum atomic E-state index is -0.316. The first kappa shape index (κ1) is 7.38. The third-order valence-electron chi connectivity index (χ3n) is 2.29. The molecule has 0 aliphatic rings. The fourth-order valence-electron chi connectivity index (χ4n) is 1.62. The Morgan fingerprint density at radius 3 is 2.93 bits per heavy atom. The number of nitrogens with one attached hydrogen (secondary N) is 1. The summed E-state index contributed by atoms with van der Waals surface area (Å²) in [5, 5.41) is 2.06. The van der Waals surface area contributed by atoms with Crippen molar-refractivity contribution >= 4 is 21.9 Å². The van der Waals surface area contributed by atoms with Gasteiger partial charge in [0.25, 0.3) is 0 Å². The quantitative estimate of drug-likeness (QED) is 0.546. The lowest BCUT2D eigenvalue weighted by Gasteiger charge is -1.95. The Kier molecular flexibility index (Phi) is 1.31. The van der Waals surface area contributed by atoms with E-state index in [-0.39, 0.29) is 5.63 Å². The molecule has 3 nitrogen and oxygen atoms in total. The van der Waals surface area contributed by atoms with E-state index in [1.165, 1.54) is 6.07 Å². The lowest BCUT2D eigenvalue weighted by Crippen LogP contribution is -1.93. The van der Waals surface area contributed by atoms with E-state index in [9.17, 15) is 4.79 Å². The summed E-state index contributed by atoms with van der Waals surface area (Å²) >= 11 is 0. The summed E-state index contributed by atoms with van der Waals surface area (Å²) in [5.41, 5.74) is 1.28. The summed E-state index contributed by atoms with van der Waals surface area (Å²) in [5.74, 6) is 0. The Bertz CT molecular complexity index is 663. The van der Waals surface area contributed by atoms with Crippen LogP contribution in [0.2, 0.25) is 0 Å². The molecule has 0 aliphatic heterocycles. The summed E-state index contributed by atoms with van der Waals surface area (Å²) in [6.45, 7) is 0. The van der Waals surface area contributed by atoms with Crippen molar-refractivity contribution in [1.29, 1.82) is 0 Å². The van der Waals surface area contributed by atoms with Crippen molar-refractivity contribution in [3.8, 4) is 0 Å². The van der Waals surface area contributed by atoms with Crippen LogP contribution in [0.15, 0.2) is 45.7 Å². The Labute approximate surface area is 79.0 Å². The third-order valence-corrected chi connectivity index (χ3v) is 2.29. The lowest BCUT2D eigenvalue weighted by atomic mass is 10.2. The topological polar surface area (TPSA) is 46.0 Å². The van der Waals surface area contributed by atoms with Crippen LogP contribution < -0.4 is 5.63 Å². The van der Waals surface area contributed by atoms with Gasteiger partial charge in [-0.3, -0.25) is 0 Å². The highest BCUT2D eigenvalue weighted by Gasteiger charge is 2.00. The summed E-state index contributed by atoms with van der Waals surface area (Å²) in [6.07, 6.45) is 1.86. The van der Waals surface area contributed by atoms with E-state index in [1.54, 1.807) is 6.07 Å². The number of hydrogen-bond acceptors (Lipinski definition) is 2. The van der Waals surface area contributed by atoms with Crippen LogP contribution in [0.4, 0.5) is 0 Å². The Balaban J connectivity index is 2.56. The molecule has 0 saturated carbocycles. The highest BCUT2D eigenvalue weighted by atomic mass is 16.4. The van der Waals surface area contributed by atoms with Gasteiger partial charge in [0.15, 0.2) is 0 Å². The molecular weight excluding hydrogens is 178 g/mol. The van der Waals surface area contributed by atoms with Gasteiger partial charge in [0, 0.05) is 34.6 Å². The maximum atomic E-state index is 11.0. The second-order valence-corrected chi connectivity index (χ2v) is 3.21. The monoisotopic (exact) mass is 185 g/mol. The predicted octanol–water partition coefficient (Wildman–Crippen LogP) is 2.27. The minimum absolute atomic E-state index is 0.316. The fourth-order valence-corrected chi connectivity index (χ4v) is 1.62. The average molecular weight is 185 g/mol. The van der Waals surface area contributed by atoms with Crippen molar-refractivity contribution in [2.24, 2.45) is 0 Å². The molecule has 0 atom stereocenters. The van der Waals surface area contributed by atoms with Crippen LogP contribution in [0, 0.1) is 0 Å². The minimum Gasteiger partial charge on any atom is -0.423 e. The van der Waals surface area contributed by atoms with Gasteiger partial charge >= 0.3 is 5.63 Å². The Morgan fingerprint density at radius 2 is 2.00 bits per heavy atom. The molecule has 3 aromatic rings. The molecule has 68 valence electrons. The smallest absolute Gasteiger partial charge is 0.336 e. The molecule has 2 heterocycles. The van der Waals surface area contributed by atoms with Gasteiger partial charge in [0.1, 0.15) is 5.58 Å². The van der Waals surface area contributed by atoms with Crippen molar-refractivity contribution in [3.05, 3.63) is 46.9 Å². The number of H-pyrrole nitrogens is 1. The van der Waals surface area contributed by atoms with E-state index in [2.05, 4.69) is 4.98 Å². The van der Waals surface area contributed by atoms with E-state index >= 15 is 0 Å². The number of hydrogen-bond donors (Lipinski definition) is 1. The number of rotatable bonds is 0. The molecular formula is C11H7NO2. The highest BCUT2D eigenvalue weighted by molar-refractivity contribution is 5.93. The van der Waals surface area contributed by atoms with E-state index in [0.29, 0.717) is 5.58 Å². The van der Waals surface area contributed by atoms with E-state index in [0.717, 1.165) is 16.3 Å². The van der Waals surface area contributed by atoms with Gasteiger partial charge < -0.3 is 9.40 Å². The number of fused-ring (bicyclic) bond motifs is 2. The Hall–Kier alpha value is -2.03. The van der Waals surface area contributed by atoms with E-state index in [1.807, 2.05) is 24.4 Å². The normalized spacial score (nSPS) is 11.1. The van der Waals surface area contributed by atoms with Crippen LogP contribution in [0.5, 0.6) is 0 Å². The number of aromatic amines is 1. The standard InChI is InChI=1S/C11H7NO2/c13-11-2-1-8-5-7-3-4-12-9(7)6-10(8)14-11/h1-6,12H. The second-order valence-electron chi connectivity index (χ2n) is 3.21. The van der Waals surface area contributed by atoms with Crippen LogP contribution in [0.3, 0.4) is 0 Å². The van der Waals surface area contributed by atoms with Gasteiger partial charge in [-0.15, -0.1) is 0 Å². The highest BCUT2D eigenvalue weighted by Crippen LogP contribution is 2.20. The zero-order valence-corrected chi connectivity index (χ0v) is 7.28. The molecule has 0 aliphatic carbocycles. The lowest BCUT2D eigenvalue weighted by molar-refractivity contribution is 0.561. The molecule has 0 spiro atoms. The third kappa shape index (κ3) is 0.956. The van der Waals surface area contributed by atoms with Crippen molar-refractivity contribution in [2.45, 2.75) is 0 Å². The largest absolute Gasteiger partial charge is 0.423 e. The second kappa shape index (κ2) is 2.48. The van der Waals surface area contributed by atoms with Crippen LogP contribution in [-0.4, -0.2) is 4.98 Å². The predicted molar refractivity (Wildman–Crippen MR) is 54.3 cm³/mol. The van der Waals surface area contributed by atoms with Crippen molar-refractivity contribution in [2.75, 3.05) is 0 Å². The molecule has 0 fully saturated rings.